The lowest BCUT2D eigenvalue weighted by molar-refractivity contribution is -0.0297. The lowest BCUT2D eigenvalue weighted by atomic mass is 10.0. The van der Waals surface area contributed by atoms with Crippen LogP contribution in [0.4, 0.5) is 0 Å². The van der Waals surface area contributed by atoms with Crippen LogP contribution in [0.2, 0.25) is 0 Å². The maximum atomic E-state index is 10.3. The number of halogens is 1. The molecule has 0 bridgehead atoms. The van der Waals surface area contributed by atoms with E-state index in [0.717, 1.165) is 35.0 Å². The molecule has 1 heterocycles. The summed E-state index contributed by atoms with van der Waals surface area (Å²) in [6, 6.07) is 5.73. The van der Waals surface area contributed by atoms with Crippen LogP contribution in [-0.2, 0) is 4.74 Å². The van der Waals surface area contributed by atoms with Gasteiger partial charge < -0.3 is 14.6 Å². The minimum Gasteiger partial charge on any atom is -0.492 e. The summed E-state index contributed by atoms with van der Waals surface area (Å²) in [7, 11) is 0. The summed E-state index contributed by atoms with van der Waals surface area (Å²) in [5, 5.41) is 10.3. The van der Waals surface area contributed by atoms with Crippen molar-refractivity contribution in [3.63, 3.8) is 0 Å². The normalized spacial score (nSPS) is 24.4. The molecule has 1 aromatic carbocycles. The highest BCUT2D eigenvalue weighted by Gasteiger charge is 2.29. The van der Waals surface area contributed by atoms with E-state index in [9.17, 15) is 5.11 Å². The summed E-state index contributed by atoms with van der Waals surface area (Å²) in [4.78, 5) is 0. The summed E-state index contributed by atoms with van der Waals surface area (Å²) in [6.45, 7) is 4.82. The molecule has 1 fully saturated rings. The highest BCUT2D eigenvalue weighted by atomic mass is 79.9. The fourth-order valence-electron chi connectivity index (χ4n) is 2.31. The fraction of sp³-hybridized carbons (Fsp3) is 0.600. The molecule has 1 N–H and O–H groups in total. The second kappa shape index (κ2) is 6.73. The minimum atomic E-state index is -0.568. The number of hydrogen-bond donors (Lipinski definition) is 1. The van der Waals surface area contributed by atoms with Gasteiger partial charge in [0.1, 0.15) is 11.9 Å². The van der Waals surface area contributed by atoms with Gasteiger partial charge in [-0.05, 0) is 59.8 Å². The Morgan fingerprint density at radius 3 is 2.84 bits per heavy atom. The average Bonchev–Trinajstić information content (AvgIpc) is 2.83. The van der Waals surface area contributed by atoms with Crippen molar-refractivity contribution in [1.82, 2.24) is 0 Å². The van der Waals surface area contributed by atoms with Crippen LogP contribution in [-0.4, -0.2) is 23.9 Å². The lowest BCUT2D eigenvalue weighted by Crippen LogP contribution is -2.18. The van der Waals surface area contributed by atoms with E-state index in [4.69, 9.17) is 9.47 Å². The van der Waals surface area contributed by atoms with Gasteiger partial charge in [0, 0.05) is 0 Å². The topological polar surface area (TPSA) is 38.7 Å². The summed E-state index contributed by atoms with van der Waals surface area (Å²) in [5.41, 5.74) is 0.870. The van der Waals surface area contributed by atoms with Gasteiger partial charge in [-0.2, -0.15) is 0 Å². The molecule has 106 valence electrons. The number of benzene rings is 1. The molecule has 1 aliphatic heterocycles. The quantitative estimate of drug-likeness (QED) is 0.892. The number of hydrogen-bond acceptors (Lipinski definition) is 3. The predicted molar refractivity (Wildman–Crippen MR) is 78.5 cm³/mol. The van der Waals surface area contributed by atoms with Gasteiger partial charge in [-0.1, -0.05) is 13.0 Å². The molecule has 0 aromatic heterocycles. The molecule has 0 spiro atoms. The van der Waals surface area contributed by atoms with Gasteiger partial charge in [0.05, 0.1) is 23.3 Å². The Balaban J connectivity index is 2.06. The van der Waals surface area contributed by atoms with Crippen molar-refractivity contribution in [2.75, 3.05) is 6.61 Å². The van der Waals surface area contributed by atoms with Crippen LogP contribution in [0.15, 0.2) is 22.7 Å². The van der Waals surface area contributed by atoms with E-state index in [-0.39, 0.29) is 12.2 Å². The number of aliphatic hydroxyl groups excluding tert-OH is 1. The Morgan fingerprint density at radius 2 is 2.26 bits per heavy atom. The molecule has 3 nitrogen and oxygen atoms in total. The molecule has 0 saturated carbocycles. The van der Waals surface area contributed by atoms with Gasteiger partial charge in [-0.3, -0.25) is 0 Å². The Bertz CT molecular complexity index is 422. The zero-order chi connectivity index (χ0) is 13.8. The molecule has 0 radical (unpaired) electrons. The third-order valence-corrected chi connectivity index (χ3v) is 4.00. The molecule has 0 amide bonds. The van der Waals surface area contributed by atoms with Gasteiger partial charge in [0.25, 0.3) is 0 Å². The molecule has 1 aromatic rings. The summed E-state index contributed by atoms with van der Waals surface area (Å²) >= 11 is 3.49. The third-order valence-electron chi connectivity index (χ3n) is 3.38. The van der Waals surface area contributed by atoms with Crippen LogP contribution in [0, 0.1) is 0 Å². The van der Waals surface area contributed by atoms with Crippen molar-refractivity contribution in [3.05, 3.63) is 28.2 Å². The molecule has 0 aliphatic carbocycles. The molecule has 4 heteroatoms. The van der Waals surface area contributed by atoms with Crippen molar-refractivity contribution in [3.8, 4) is 5.75 Å². The fourth-order valence-corrected chi connectivity index (χ4v) is 2.82. The van der Waals surface area contributed by atoms with E-state index in [1.54, 1.807) is 0 Å². The first-order valence-corrected chi connectivity index (χ1v) is 7.67. The Morgan fingerprint density at radius 1 is 1.47 bits per heavy atom. The van der Waals surface area contributed by atoms with Crippen molar-refractivity contribution < 1.29 is 14.6 Å². The molecule has 3 atom stereocenters. The molecular formula is C15H21BrO3. The summed E-state index contributed by atoms with van der Waals surface area (Å²) in [6.07, 6.45) is 2.49. The van der Waals surface area contributed by atoms with Crippen molar-refractivity contribution in [2.24, 2.45) is 0 Å². The molecular weight excluding hydrogens is 308 g/mol. The average molecular weight is 329 g/mol. The van der Waals surface area contributed by atoms with Crippen molar-refractivity contribution in [1.29, 1.82) is 0 Å². The molecule has 1 aliphatic rings. The highest BCUT2D eigenvalue weighted by Crippen LogP contribution is 2.33. The van der Waals surface area contributed by atoms with E-state index in [1.165, 1.54) is 0 Å². The van der Waals surface area contributed by atoms with Crippen LogP contribution >= 0.6 is 15.9 Å². The number of aliphatic hydroxyl groups is 1. The van der Waals surface area contributed by atoms with Crippen LogP contribution in [0.1, 0.15) is 44.8 Å². The van der Waals surface area contributed by atoms with Gasteiger partial charge in [-0.15, -0.1) is 0 Å². The first kappa shape index (κ1) is 14.8. The molecule has 1 saturated heterocycles. The van der Waals surface area contributed by atoms with Crippen molar-refractivity contribution in [2.45, 2.75) is 51.4 Å². The monoisotopic (exact) mass is 328 g/mol. The molecule has 3 unspecified atom stereocenters. The second-order valence-corrected chi connectivity index (χ2v) is 5.90. The first-order chi connectivity index (χ1) is 9.11. The van der Waals surface area contributed by atoms with Gasteiger partial charge >= 0.3 is 0 Å². The van der Waals surface area contributed by atoms with Crippen LogP contribution in [0.5, 0.6) is 5.75 Å². The maximum Gasteiger partial charge on any atom is 0.133 e. The standard InChI is InChI=1S/C15H21BrO3/c1-3-8-18-13-7-5-11(9-12(13)16)15(17)14-6-4-10(2)19-14/h5,7,9-10,14-15,17H,3-4,6,8H2,1-2H3. The van der Waals surface area contributed by atoms with E-state index < -0.39 is 6.10 Å². The van der Waals surface area contributed by atoms with Crippen LogP contribution in [0.25, 0.3) is 0 Å². The Hall–Kier alpha value is -0.580. The third kappa shape index (κ3) is 3.71. The minimum absolute atomic E-state index is 0.0932. The van der Waals surface area contributed by atoms with E-state index in [1.807, 2.05) is 25.1 Å². The largest absolute Gasteiger partial charge is 0.492 e. The predicted octanol–water partition coefficient (Wildman–Crippen LogP) is 3.84. The number of ether oxygens (including phenoxy) is 2. The SMILES string of the molecule is CCCOc1ccc(C(O)C2CCC(C)O2)cc1Br. The second-order valence-electron chi connectivity index (χ2n) is 5.05. The maximum absolute atomic E-state index is 10.3. The Kier molecular flexibility index (Phi) is 5.25. The van der Waals surface area contributed by atoms with Gasteiger partial charge in [-0.25, -0.2) is 0 Å². The van der Waals surface area contributed by atoms with Gasteiger partial charge in [0.15, 0.2) is 0 Å². The van der Waals surface area contributed by atoms with Gasteiger partial charge in [0.2, 0.25) is 0 Å². The van der Waals surface area contributed by atoms with E-state index in [2.05, 4.69) is 22.9 Å². The van der Waals surface area contributed by atoms with E-state index in [0.29, 0.717) is 6.61 Å². The zero-order valence-electron chi connectivity index (χ0n) is 11.4. The van der Waals surface area contributed by atoms with E-state index >= 15 is 0 Å². The lowest BCUT2D eigenvalue weighted by Gasteiger charge is -2.19. The van der Waals surface area contributed by atoms with Crippen molar-refractivity contribution >= 4 is 15.9 Å². The van der Waals surface area contributed by atoms with Crippen LogP contribution in [0.3, 0.4) is 0 Å². The highest BCUT2D eigenvalue weighted by molar-refractivity contribution is 9.10. The smallest absolute Gasteiger partial charge is 0.133 e. The summed E-state index contributed by atoms with van der Waals surface area (Å²) < 4.78 is 12.2. The molecule has 19 heavy (non-hydrogen) atoms. The zero-order valence-corrected chi connectivity index (χ0v) is 13.0. The first-order valence-electron chi connectivity index (χ1n) is 6.87. The van der Waals surface area contributed by atoms with Crippen LogP contribution < -0.4 is 4.74 Å². The summed E-state index contributed by atoms with van der Waals surface area (Å²) in [5.74, 6) is 0.818. The number of rotatable bonds is 5. The Labute approximate surface area is 123 Å². The molecule has 2 rings (SSSR count).